The van der Waals surface area contributed by atoms with E-state index in [9.17, 15) is 15.0 Å². The average molecular weight is 565 g/mol. The summed E-state index contributed by atoms with van der Waals surface area (Å²) >= 11 is 0. The molecule has 218 valence electrons. The Hall–Kier alpha value is -3.61. The molecule has 1 spiro atoms. The number of hydrogen-bond donors (Lipinski definition) is 2. The van der Waals surface area contributed by atoms with E-state index in [0.717, 1.165) is 48.2 Å². The topological polar surface area (TPSA) is 73.2 Å². The van der Waals surface area contributed by atoms with Crippen LogP contribution in [0.4, 0.5) is 0 Å². The van der Waals surface area contributed by atoms with Crippen LogP contribution in [0.1, 0.15) is 47.6 Å². The number of carbonyl (C=O) groups is 1. The van der Waals surface area contributed by atoms with Crippen LogP contribution in [0.5, 0.6) is 11.5 Å². The lowest BCUT2D eigenvalue weighted by molar-refractivity contribution is -0.211. The molecule has 0 radical (unpaired) electrons. The van der Waals surface area contributed by atoms with Gasteiger partial charge in [-0.25, -0.2) is 0 Å². The SMILES string of the molecule is Cc1cccc(/C=C/C(=O)N(C)C2C(C)C[C@@]3(O)[C@H]4Cc5ccc(O)c6c5[C@@]3(CCN4CCc3ccccc3)C2O6)c1. The lowest BCUT2D eigenvalue weighted by atomic mass is 9.46. The van der Waals surface area contributed by atoms with E-state index >= 15 is 0 Å². The molecule has 3 aromatic rings. The number of ether oxygens (including phenoxy) is 1. The Kier molecular flexibility index (Phi) is 6.48. The number of benzene rings is 3. The molecule has 1 saturated carbocycles. The van der Waals surface area contributed by atoms with E-state index in [-0.39, 0.29) is 29.7 Å². The van der Waals surface area contributed by atoms with Crippen molar-refractivity contribution in [2.24, 2.45) is 5.92 Å². The Morgan fingerprint density at radius 2 is 1.95 bits per heavy atom. The number of likely N-dealkylation sites (tertiary alicyclic amines) is 1. The van der Waals surface area contributed by atoms with Crippen molar-refractivity contribution in [2.45, 2.75) is 68.7 Å². The van der Waals surface area contributed by atoms with Gasteiger partial charge >= 0.3 is 0 Å². The third-order valence-corrected chi connectivity index (χ3v) is 10.7. The number of phenolic OH excluding ortho intramolecular Hbond substituents is 1. The van der Waals surface area contributed by atoms with Crippen LogP contribution in [-0.2, 0) is 23.1 Å². The number of aromatic hydroxyl groups is 1. The Bertz CT molecular complexity index is 1550. The maximum atomic E-state index is 13.6. The van der Waals surface area contributed by atoms with Crippen LogP contribution in [-0.4, -0.2) is 69.8 Å². The summed E-state index contributed by atoms with van der Waals surface area (Å²) in [6.45, 7) is 5.88. The van der Waals surface area contributed by atoms with E-state index in [4.69, 9.17) is 4.74 Å². The maximum absolute atomic E-state index is 13.6. The monoisotopic (exact) mass is 564 g/mol. The van der Waals surface area contributed by atoms with Gasteiger partial charge in [0.05, 0.1) is 17.1 Å². The lowest BCUT2D eigenvalue weighted by Crippen LogP contribution is -2.79. The molecule has 2 fully saturated rings. The van der Waals surface area contributed by atoms with Gasteiger partial charge in [0.1, 0.15) is 6.10 Å². The summed E-state index contributed by atoms with van der Waals surface area (Å²) in [6.07, 6.45) is 5.98. The largest absolute Gasteiger partial charge is 0.504 e. The summed E-state index contributed by atoms with van der Waals surface area (Å²) in [5.41, 5.74) is 3.83. The number of likely N-dealkylation sites (N-methyl/N-ethyl adjacent to an activating group) is 1. The smallest absolute Gasteiger partial charge is 0.246 e. The second-order valence-corrected chi connectivity index (χ2v) is 13.0. The molecule has 2 bridgehead atoms. The van der Waals surface area contributed by atoms with E-state index in [2.05, 4.69) is 42.2 Å². The Labute approximate surface area is 248 Å². The number of amides is 1. The highest BCUT2D eigenvalue weighted by Gasteiger charge is 2.74. The van der Waals surface area contributed by atoms with E-state index in [1.165, 1.54) is 5.56 Å². The highest BCUT2D eigenvalue weighted by Crippen LogP contribution is 2.66. The average Bonchev–Trinajstić information content (AvgIpc) is 3.32. The van der Waals surface area contributed by atoms with Gasteiger partial charge in [-0.05, 0) is 73.9 Å². The third kappa shape index (κ3) is 3.95. The lowest BCUT2D eigenvalue weighted by Gasteiger charge is -2.66. The first-order chi connectivity index (χ1) is 20.2. The number of piperidine rings is 1. The molecule has 7 rings (SSSR count). The van der Waals surface area contributed by atoms with Crippen molar-refractivity contribution < 1.29 is 19.7 Å². The molecule has 1 saturated heterocycles. The molecule has 4 aliphatic rings. The predicted octanol–water partition coefficient (Wildman–Crippen LogP) is 4.88. The minimum absolute atomic E-state index is 0.0102. The fourth-order valence-corrected chi connectivity index (χ4v) is 8.85. The molecule has 2 heterocycles. The van der Waals surface area contributed by atoms with E-state index in [1.807, 2.05) is 55.3 Å². The summed E-state index contributed by atoms with van der Waals surface area (Å²) in [5.74, 6) is 0.516. The van der Waals surface area contributed by atoms with Crippen molar-refractivity contribution in [3.63, 3.8) is 0 Å². The highest BCUT2D eigenvalue weighted by molar-refractivity contribution is 5.92. The Balaban J connectivity index is 1.24. The van der Waals surface area contributed by atoms with Crippen molar-refractivity contribution >= 4 is 12.0 Å². The second kappa shape index (κ2) is 9.99. The number of hydrogen-bond acceptors (Lipinski definition) is 5. The number of carbonyl (C=O) groups excluding carboxylic acids is 1. The fourth-order valence-electron chi connectivity index (χ4n) is 8.85. The van der Waals surface area contributed by atoms with Gasteiger partial charge in [-0.1, -0.05) is 73.2 Å². The number of aryl methyl sites for hydroxylation is 1. The third-order valence-electron chi connectivity index (χ3n) is 10.7. The van der Waals surface area contributed by atoms with Crippen LogP contribution in [0, 0.1) is 12.8 Å². The van der Waals surface area contributed by atoms with Gasteiger partial charge in [0.25, 0.3) is 0 Å². The van der Waals surface area contributed by atoms with E-state index < -0.39 is 17.1 Å². The first kappa shape index (κ1) is 27.2. The summed E-state index contributed by atoms with van der Waals surface area (Å²) in [4.78, 5) is 17.9. The van der Waals surface area contributed by atoms with Gasteiger partial charge in [-0.2, -0.15) is 0 Å². The van der Waals surface area contributed by atoms with Gasteiger partial charge in [-0.15, -0.1) is 0 Å². The molecule has 6 heteroatoms. The summed E-state index contributed by atoms with van der Waals surface area (Å²) in [6, 6.07) is 22.0. The number of phenols is 1. The molecule has 6 atom stereocenters. The van der Waals surface area contributed by atoms with Crippen LogP contribution >= 0.6 is 0 Å². The predicted molar refractivity (Wildman–Crippen MR) is 164 cm³/mol. The fraction of sp³-hybridized carbons (Fsp3) is 0.417. The molecule has 3 unspecified atom stereocenters. The van der Waals surface area contributed by atoms with Crippen molar-refractivity contribution in [3.8, 4) is 11.5 Å². The number of rotatable bonds is 6. The van der Waals surface area contributed by atoms with E-state index in [1.54, 1.807) is 12.1 Å². The molecule has 0 aromatic heterocycles. The minimum Gasteiger partial charge on any atom is -0.504 e. The molecule has 42 heavy (non-hydrogen) atoms. The van der Waals surface area contributed by atoms with E-state index in [0.29, 0.717) is 18.6 Å². The first-order valence-electron chi connectivity index (χ1n) is 15.3. The number of nitrogens with zero attached hydrogens (tertiary/aromatic N) is 2. The van der Waals surface area contributed by atoms with Gasteiger partial charge < -0.3 is 19.8 Å². The Morgan fingerprint density at radius 1 is 1.14 bits per heavy atom. The standard InChI is InChI=1S/C36H40N2O4/c1-23-8-7-11-26(20-23)12-15-30(40)37(3)32-24(2)22-36(41)29-21-27-13-14-28(39)33-31(27)35(36,34(32)42-33)17-19-38(29)18-16-25-9-5-4-6-10-25/h4-15,20,24,29,32,34,39,41H,16-19,21-22H2,1-3H3/b15-12+/t24?,29-,32?,34?,35+,36-/m1/s1. The molecule has 2 aliphatic heterocycles. The normalized spacial score (nSPS) is 31.0. The van der Waals surface area contributed by atoms with Gasteiger partial charge in [0.15, 0.2) is 11.5 Å². The quantitative estimate of drug-likeness (QED) is 0.418. The van der Waals surface area contributed by atoms with Crippen LogP contribution < -0.4 is 4.74 Å². The van der Waals surface area contributed by atoms with Crippen molar-refractivity contribution in [1.29, 1.82) is 0 Å². The van der Waals surface area contributed by atoms with Crippen molar-refractivity contribution in [1.82, 2.24) is 9.80 Å². The van der Waals surface area contributed by atoms with Crippen LogP contribution in [0.2, 0.25) is 0 Å². The van der Waals surface area contributed by atoms with Gasteiger partial charge in [0, 0.05) is 31.3 Å². The van der Waals surface area contributed by atoms with Crippen LogP contribution in [0.3, 0.4) is 0 Å². The van der Waals surface area contributed by atoms with Gasteiger partial charge in [0.2, 0.25) is 5.91 Å². The van der Waals surface area contributed by atoms with Gasteiger partial charge in [-0.3, -0.25) is 9.69 Å². The first-order valence-corrected chi connectivity index (χ1v) is 15.3. The van der Waals surface area contributed by atoms with Crippen molar-refractivity contribution in [3.05, 3.63) is 101 Å². The summed E-state index contributed by atoms with van der Waals surface area (Å²) in [5, 5.41) is 23.9. The van der Waals surface area contributed by atoms with Crippen LogP contribution in [0.15, 0.2) is 72.8 Å². The zero-order valence-corrected chi connectivity index (χ0v) is 24.7. The molecule has 3 aromatic carbocycles. The maximum Gasteiger partial charge on any atom is 0.246 e. The molecular formula is C36H40N2O4. The summed E-state index contributed by atoms with van der Waals surface area (Å²) < 4.78 is 6.73. The van der Waals surface area contributed by atoms with Crippen molar-refractivity contribution in [2.75, 3.05) is 20.1 Å². The molecular weight excluding hydrogens is 524 g/mol. The Morgan fingerprint density at radius 3 is 2.74 bits per heavy atom. The summed E-state index contributed by atoms with van der Waals surface area (Å²) in [7, 11) is 1.85. The van der Waals surface area contributed by atoms with Crippen LogP contribution in [0.25, 0.3) is 6.08 Å². The molecule has 2 aliphatic carbocycles. The molecule has 6 nitrogen and oxygen atoms in total. The number of aliphatic hydroxyl groups is 1. The second-order valence-electron chi connectivity index (χ2n) is 13.0. The highest BCUT2D eigenvalue weighted by atomic mass is 16.5. The minimum atomic E-state index is -1.03. The molecule has 1 amide bonds. The molecule has 2 N–H and O–H groups in total. The zero-order valence-electron chi connectivity index (χ0n) is 24.7. The zero-order chi connectivity index (χ0) is 29.2.